The van der Waals surface area contributed by atoms with E-state index >= 15 is 0 Å². The predicted octanol–water partition coefficient (Wildman–Crippen LogP) is 2.67. The third-order valence-electron chi connectivity index (χ3n) is 4.79. The van der Waals surface area contributed by atoms with Crippen molar-refractivity contribution in [3.05, 3.63) is 29.8 Å². The summed E-state index contributed by atoms with van der Waals surface area (Å²) in [5.74, 6) is -1.62. The number of carbonyl (C=O) groups excluding carboxylic acids is 2. The summed E-state index contributed by atoms with van der Waals surface area (Å²) in [5, 5.41) is 14.7. The second-order valence-corrected chi connectivity index (χ2v) is 6.76. The minimum Gasteiger partial charge on any atom is -0.481 e. The molecular weight excluding hydrogens is 348 g/mol. The number of carboxylic acid groups (broad SMARTS) is 1. The number of rotatable bonds is 9. The van der Waals surface area contributed by atoms with Crippen molar-refractivity contribution in [2.45, 2.75) is 39.0 Å². The number of amides is 2. The lowest BCUT2D eigenvalue weighted by molar-refractivity contribution is -0.143. The number of hydrogen-bond donors (Lipinski definition) is 3. The topological polar surface area (TPSA) is 105 Å². The van der Waals surface area contributed by atoms with E-state index in [9.17, 15) is 14.4 Å². The zero-order chi connectivity index (χ0) is 19.6. The van der Waals surface area contributed by atoms with E-state index in [1.165, 1.54) is 0 Å². The molecule has 0 saturated heterocycles. The number of carboxylic acids is 1. The highest BCUT2D eigenvalue weighted by molar-refractivity contribution is 5.97. The molecule has 0 radical (unpaired) electrons. The van der Waals surface area contributed by atoms with Crippen LogP contribution in [0.4, 0.5) is 5.69 Å². The zero-order valence-electron chi connectivity index (χ0n) is 15.7. The first kappa shape index (κ1) is 20.9. The maximum Gasteiger partial charge on any atom is 0.306 e. The van der Waals surface area contributed by atoms with Crippen LogP contribution in [0.1, 0.15) is 49.4 Å². The van der Waals surface area contributed by atoms with Crippen LogP contribution in [0.2, 0.25) is 0 Å². The van der Waals surface area contributed by atoms with Gasteiger partial charge in [-0.25, -0.2) is 0 Å². The Balaban J connectivity index is 1.83. The van der Waals surface area contributed by atoms with Gasteiger partial charge >= 0.3 is 5.97 Å². The number of ether oxygens (including phenoxy) is 1. The van der Waals surface area contributed by atoms with Gasteiger partial charge in [0.1, 0.15) is 0 Å². The molecular formula is C20H28N2O5. The molecule has 0 aliphatic heterocycles. The third kappa shape index (κ3) is 6.67. The van der Waals surface area contributed by atoms with Crippen molar-refractivity contribution in [3.63, 3.8) is 0 Å². The van der Waals surface area contributed by atoms with Crippen molar-refractivity contribution in [2.75, 3.05) is 25.1 Å². The maximum atomic E-state index is 12.4. The molecule has 0 unspecified atom stereocenters. The molecule has 1 aliphatic rings. The Bertz CT molecular complexity index is 654. The molecule has 7 heteroatoms. The molecule has 2 rings (SSSR count). The van der Waals surface area contributed by atoms with Crippen LogP contribution in [0.5, 0.6) is 0 Å². The van der Waals surface area contributed by atoms with Gasteiger partial charge in [0.25, 0.3) is 5.91 Å². The standard InChI is InChI=1S/C20H28N2O5/c1-2-27-12-4-11-21-18(23)16-5-3-6-17(13-16)22-19(24)14-7-9-15(10-8-14)20(25)26/h3,5-6,13-15H,2,4,7-12H2,1H3,(H,21,23)(H,22,24)(H,25,26). The molecule has 0 atom stereocenters. The highest BCUT2D eigenvalue weighted by Gasteiger charge is 2.29. The first-order chi connectivity index (χ1) is 13.0. The Kier molecular flexibility index (Phi) is 8.26. The lowest BCUT2D eigenvalue weighted by atomic mass is 9.81. The molecule has 1 aromatic carbocycles. The summed E-state index contributed by atoms with van der Waals surface area (Å²) >= 11 is 0. The summed E-state index contributed by atoms with van der Waals surface area (Å²) in [6.07, 6.45) is 2.94. The van der Waals surface area contributed by atoms with Crippen LogP contribution in [0.25, 0.3) is 0 Å². The molecule has 0 spiro atoms. The maximum absolute atomic E-state index is 12.4. The van der Waals surface area contributed by atoms with Crippen LogP contribution >= 0.6 is 0 Å². The highest BCUT2D eigenvalue weighted by Crippen LogP contribution is 2.29. The third-order valence-corrected chi connectivity index (χ3v) is 4.79. The molecule has 0 heterocycles. The van der Waals surface area contributed by atoms with Gasteiger partial charge in [0.15, 0.2) is 0 Å². The highest BCUT2D eigenvalue weighted by atomic mass is 16.5. The Morgan fingerprint density at radius 3 is 2.52 bits per heavy atom. The Morgan fingerprint density at radius 2 is 1.85 bits per heavy atom. The number of hydrogen-bond acceptors (Lipinski definition) is 4. The van der Waals surface area contributed by atoms with Gasteiger partial charge in [0.05, 0.1) is 5.92 Å². The first-order valence-corrected chi connectivity index (χ1v) is 9.51. The van der Waals surface area contributed by atoms with Crippen LogP contribution in [-0.2, 0) is 14.3 Å². The fourth-order valence-corrected chi connectivity index (χ4v) is 3.21. The minimum atomic E-state index is -0.783. The number of benzene rings is 1. The summed E-state index contributed by atoms with van der Waals surface area (Å²) in [4.78, 5) is 35.6. The molecule has 1 fully saturated rings. The van der Waals surface area contributed by atoms with E-state index in [2.05, 4.69) is 10.6 Å². The average Bonchev–Trinajstić information content (AvgIpc) is 2.68. The molecule has 0 bridgehead atoms. The van der Waals surface area contributed by atoms with Gasteiger partial charge in [-0.3, -0.25) is 14.4 Å². The van der Waals surface area contributed by atoms with E-state index in [1.807, 2.05) is 6.92 Å². The van der Waals surface area contributed by atoms with Gasteiger partial charge in [-0.2, -0.15) is 0 Å². The Hall–Kier alpha value is -2.41. The van der Waals surface area contributed by atoms with Crippen LogP contribution in [-0.4, -0.2) is 42.6 Å². The summed E-state index contributed by atoms with van der Waals surface area (Å²) in [6, 6.07) is 6.82. The normalized spacial score (nSPS) is 19.3. The van der Waals surface area contributed by atoms with E-state index in [4.69, 9.17) is 9.84 Å². The smallest absolute Gasteiger partial charge is 0.306 e. The number of aliphatic carboxylic acids is 1. The molecule has 27 heavy (non-hydrogen) atoms. The van der Waals surface area contributed by atoms with Crippen molar-refractivity contribution < 1.29 is 24.2 Å². The van der Waals surface area contributed by atoms with Gasteiger partial charge in [0.2, 0.25) is 5.91 Å². The fourth-order valence-electron chi connectivity index (χ4n) is 3.21. The molecule has 148 valence electrons. The summed E-state index contributed by atoms with van der Waals surface area (Å²) in [7, 11) is 0. The number of nitrogens with one attached hydrogen (secondary N) is 2. The quantitative estimate of drug-likeness (QED) is 0.575. The lowest BCUT2D eigenvalue weighted by Gasteiger charge is -2.25. The van der Waals surface area contributed by atoms with Crippen molar-refractivity contribution in [2.24, 2.45) is 11.8 Å². The van der Waals surface area contributed by atoms with Gasteiger partial charge in [0, 0.05) is 36.9 Å². The monoisotopic (exact) mass is 376 g/mol. The van der Waals surface area contributed by atoms with Gasteiger partial charge in [-0.05, 0) is 57.2 Å². The van der Waals surface area contributed by atoms with Gasteiger partial charge in [-0.15, -0.1) is 0 Å². The Labute approximate surface area is 159 Å². The Morgan fingerprint density at radius 1 is 1.15 bits per heavy atom. The predicted molar refractivity (Wildman–Crippen MR) is 102 cm³/mol. The molecule has 2 amide bonds. The minimum absolute atomic E-state index is 0.117. The molecule has 7 nitrogen and oxygen atoms in total. The fraction of sp³-hybridized carbons (Fsp3) is 0.550. The van der Waals surface area contributed by atoms with Gasteiger partial charge < -0.3 is 20.5 Å². The van der Waals surface area contributed by atoms with Crippen LogP contribution in [0.3, 0.4) is 0 Å². The van der Waals surface area contributed by atoms with Crippen molar-refractivity contribution >= 4 is 23.5 Å². The summed E-state index contributed by atoms with van der Waals surface area (Å²) in [5.41, 5.74) is 1.06. The van der Waals surface area contributed by atoms with E-state index in [0.717, 1.165) is 6.42 Å². The van der Waals surface area contributed by atoms with Crippen LogP contribution < -0.4 is 10.6 Å². The van der Waals surface area contributed by atoms with Gasteiger partial charge in [-0.1, -0.05) is 6.07 Å². The molecule has 1 aromatic rings. The average molecular weight is 376 g/mol. The number of carbonyl (C=O) groups is 3. The lowest BCUT2D eigenvalue weighted by Crippen LogP contribution is -2.29. The largest absolute Gasteiger partial charge is 0.481 e. The van der Waals surface area contributed by atoms with Crippen LogP contribution in [0.15, 0.2) is 24.3 Å². The zero-order valence-corrected chi connectivity index (χ0v) is 15.7. The summed E-state index contributed by atoms with van der Waals surface area (Å²) < 4.78 is 5.23. The second kappa shape index (κ2) is 10.7. The molecule has 1 aliphatic carbocycles. The van der Waals surface area contributed by atoms with E-state index in [0.29, 0.717) is 56.7 Å². The van der Waals surface area contributed by atoms with E-state index in [-0.39, 0.29) is 23.7 Å². The van der Waals surface area contributed by atoms with E-state index in [1.54, 1.807) is 24.3 Å². The summed E-state index contributed by atoms with van der Waals surface area (Å²) in [6.45, 7) is 3.73. The van der Waals surface area contributed by atoms with Crippen molar-refractivity contribution in [1.82, 2.24) is 5.32 Å². The first-order valence-electron chi connectivity index (χ1n) is 9.51. The second-order valence-electron chi connectivity index (χ2n) is 6.76. The number of anilines is 1. The molecule has 0 aromatic heterocycles. The van der Waals surface area contributed by atoms with Crippen LogP contribution in [0, 0.1) is 11.8 Å². The van der Waals surface area contributed by atoms with Crippen molar-refractivity contribution in [1.29, 1.82) is 0 Å². The SMILES string of the molecule is CCOCCCNC(=O)c1cccc(NC(=O)C2CCC(C(=O)O)CC2)c1. The molecule has 1 saturated carbocycles. The van der Waals surface area contributed by atoms with Crippen molar-refractivity contribution in [3.8, 4) is 0 Å². The molecule has 3 N–H and O–H groups in total. The van der Waals surface area contributed by atoms with E-state index < -0.39 is 5.97 Å².